The highest BCUT2D eigenvalue weighted by Crippen LogP contribution is 2.18. The summed E-state index contributed by atoms with van der Waals surface area (Å²) >= 11 is 0. The molecule has 1 aromatic carbocycles. The first-order valence-electron chi connectivity index (χ1n) is 43.4. The number of aliphatic hydroxyl groups excluding tert-OH is 2. The molecule has 0 saturated carbocycles. The van der Waals surface area contributed by atoms with Crippen LogP contribution in [0.5, 0.6) is 0 Å². The Morgan fingerprint density at radius 2 is 0.682 bits per heavy atom. The van der Waals surface area contributed by atoms with Crippen molar-refractivity contribution in [2.75, 3.05) is 32.8 Å². The van der Waals surface area contributed by atoms with Gasteiger partial charge in [0, 0.05) is 32.2 Å². The third kappa shape index (κ3) is 46.1. The van der Waals surface area contributed by atoms with Gasteiger partial charge in [-0.15, -0.1) is 0 Å². The predicted molar refractivity (Wildman–Crippen MR) is 471 cm³/mol. The van der Waals surface area contributed by atoms with E-state index in [9.17, 15) is 112 Å². The molecule has 129 heavy (non-hydrogen) atoms. The van der Waals surface area contributed by atoms with E-state index < -0.39 is 278 Å². The molecule has 728 valence electrons. The SMILES string of the molecule is CC[C@H](C)[C@H](NC(=O)[C@H](CCC(N)=O)NC(=O)[C@H](CCCN=C(N)N)NC(=O)[C@H](CC(C)C)NC(=O)[C@@H](N)[C@@H](C)O)C(=O)N[C@H](C(=O)N[C@@H](CO)C(=O)N[C@@H](CCCCN)C(=O)N[C@@H](CC(C)C)C(=O)N[C@@H](CCCCN)C(=O)N[C@@H](CCC(=O)O)C(=O)N[C@@H](CCC(N)=O)C(=O)N[C@@H](Cc1ccccc1)C(=O)N[C@@H](CCCCN)C(=O)N[C@@H](CC(N)=O)C(=O)O)C(C)C. The number of rotatable bonds is 67. The first-order chi connectivity index (χ1) is 60.6. The number of aliphatic imine (C=N–C) groups is 1. The van der Waals surface area contributed by atoms with E-state index in [1.807, 2.05) is 0 Å². The number of primary amides is 3. The number of nitrogens with one attached hydrogen (secondary N) is 14. The number of nitrogens with zero attached hydrogens (tertiary/aromatic N) is 1. The lowest BCUT2D eigenvalue weighted by molar-refractivity contribution is -0.144. The monoisotopic (exact) mass is 1830 g/mol. The number of hydrogen-bond donors (Lipinski definition) is 27. The molecule has 0 radical (unpaired) electrons. The second-order valence-electron chi connectivity index (χ2n) is 33.0. The Bertz CT molecular complexity index is 3870. The zero-order valence-electron chi connectivity index (χ0n) is 75.2. The summed E-state index contributed by atoms with van der Waals surface area (Å²) in [7, 11) is 0. The van der Waals surface area contributed by atoms with Crippen LogP contribution in [0.15, 0.2) is 35.3 Å². The van der Waals surface area contributed by atoms with Crippen molar-refractivity contribution in [3.63, 3.8) is 0 Å². The molecule has 0 aromatic heterocycles. The standard InChI is InChI=1S/C82H142N24O23/c1-10-45(8)66(106-73(120)53(28-31-61(87)110)98-68(115)51(26-20-36-92-82(90)91)95-75(122)56(38-43(4)5)102-78(125)64(89)46(9)108)80(127)105-65(44(6)7)79(126)104-59(41-107)77(124)96-49(24-15-18-34-84)69(116)100-55(37-42(2)3)74(121)93-48(23-14-17-33-83)67(114)99-54(29-32-63(112)113)71(118)97-52(27-30-60(86)109)72(119)101-57(39-47-21-12-11-13-22-47)76(123)94-50(25-16-19-35-85)70(117)103-58(81(128)129)40-62(88)111/h11-13,21-22,42-46,48-59,64-66,107-108H,10,14-20,23-41,83-85,89H2,1-9H3,(H2,86,109)(H2,87,110)(H2,88,111)(H,93,121)(H,94,123)(H,95,122)(H,96,124)(H,97,118)(H,98,115)(H,99,114)(H,100,116)(H,101,119)(H,102,125)(H,103,117)(H,104,126)(H,105,127)(H,106,120)(H,112,113)(H,128,129)(H4,90,91,92)/t45-,46+,48-,49-,50-,51-,52-,53-,54-,55-,56-,57-,58-,59-,64-,65-,66-/m0/s1. The Balaban J connectivity index is 3.79. The van der Waals surface area contributed by atoms with Crippen LogP contribution in [0, 0.1) is 23.7 Å². The number of carbonyl (C=O) groups excluding carboxylic acids is 17. The predicted octanol–water partition coefficient (Wildman–Crippen LogP) is -7.69. The van der Waals surface area contributed by atoms with Gasteiger partial charge in [0.1, 0.15) is 90.6 Å². The lowest BCUT2D eigenvalue weighted by atomic mass is 9.95. The fourth-order valence-corrected chi connectivity index (χ4v) is 13.0. The third-order valence-corrected chi connectivity index (χ3v) is 20.5. The second-order valence-corrected chi connectivity index (χ2v) is 33.0. The van der Waals surface area contributed by atoms with E-state index in [4.69, 9.17) is 51.6 Å². The Morgan fingerprint density at radius 3 is 1.02 bits per heavy atom. The maximum atomic E-state index is 14.7. The van der Waals surface area contributed by atoms with E-state index in [2.05, 4.69) is 79.4 Å². The first-order valence-corrected chi connectivity index (χ1v) is 43.4. The Kier molecular flexibility index (Phi) is 55.0. The van der Waals surface area contributed by atoms with Crippen LogP contribution in [-0.4, -0.2) is 268 Å². The van der Waals surface area contributed by atoms with Gasteiger partial charge in [0.2, 0.25) is 100 Å². The molecule has 0 spiro atoms. The highest BCUT2D eigenvalue weighted by Gasteiger charge is 2.41. The van der Waals surface area contributed by atoms with E-state index in [0.717, 1.165) is 0 Å². The van der Waals surface area contributed by atoms with Crippen molar-refractivity contribution in [1.82, 2.24) is 74.4 Å². The molecule has 0 heterocycles. The smallest absolute Gasteiger partial charge is 0.326 e. The molecule has 1 rings (SSSR count). The van der Waals surface area contributed by atoms with Crippen molar-refractivity contribution in [1.29, 1.82) is 0 Å². The summed E-state index contributed by atoms with van der Waals surface area (Å²) in [6.45, 7) is 13.7. The summed E-state index contributed by atoms with van der Waals surface area (Å²) in [4.78, 5) is 265. The number of carboxylic acids is 2. The van der Waals surface area contributed by atoms with Gasteiger partial charge in [-0.3, -0.25) is 91.3 Å². The van der Waals surface area contributed by atoms with E-state index in [0.29, 0.717) is 18.4 Å². The van der Waals surface area contributed by atoms with E-state index in [1.54, 1.807) is 71.9 Å². The zero-order valence-corrected chi connectivity index (χ0v) is 75.2. The van der Waals surface area contributed by atoms with Gasteiger partial charge in [0.05, 0.1) is 19.1 Å². The van der Waals surface area contributed by atoms with Gasteiger partial charge in [-0.2, -0.15) is 0 Å². The maximum Gasteiger partial charge on any atom is 0.326 e. The quantitative estimate of drug-likeness (QED) is 0.0164. The first kappa shape index (κ1) is 115. The molecule has 47 heteroatoms. The van der Waals surface area contributed by atoms with Crippen molar-refractivity contribution < 1.29 is 112 Å². The molecule has 0 unspecified atom stereocenters. The van der Waals surface area contributed by atoms with Crippen LogP contribution < -0.4 is 126 Å². The van der Waals surface area contributed by atoms with E-state index >= 15 is 0 Å². The van der Waals surface area contributed by atoms with Crippen LogP contribution in [-0.2, 0) is 97.5 Å². The molecule has 1 aromatic rings. The molecule has 0 fully saturated rings. The van der Waals surface area contributed by atoms with Crippen LogP contribution in [0.4, 0.5) is 0 Å². The van der Waals surface area contributed by atoms with Crippen LogP contribution in [0.2, 0.25) is 0 Å². The van der Waals surface area contributed by atoms with Gasteiger partial charge in [-0.1, -0.05) is 92.1 Å². The van der Waals surface area contributed by atoms with E-state index in [-0.39, 0.29) is 122 Å². The molecular formula is C82H142N24O23. The second kappa shape index (κ2) is 61.6. The molecule has 0 bridgehead atoms. The molecule has 0 aliphatic heterocycles. The number of guanidine groups is 1. The number of amides is 17. The molecule has 47 nitrogen and oxygen atoms in total. The fourth-order valence-electron chi connectivity index (χ4n) is 13.0. The average Bonchev–Trinajstić information content (AvgIpc) is 0.835. The zero-order chi connectivity index (χ0) is 97.9. The van der Waals surface area contributed by atoms with Crippen LogP contribution >= 0.6 is 0 Å². The number of nitrogens with two attached hydrogens (primary N) is 9. The third-order valence-electron chi connectivity index (χ3n) is 20.5. The van der Waals surface area contributed by atoms with Crippen molar-refractivity contribution in [3.05, 3.63) is 35.9 Å². The van der Waals surface area contributed by atoms with Gasteiger partial charge in [0.15, 0.2) is 5.96 Å². The number of carbonyl (C=O) groups is 19. The van der Waals surface area contributed by atoms with Crippen molar-refractivity contribution >= 4 is 118 Å². The highest BCUT2D eigenvalue weighted by atomic mass is 16.4. The highest BCUT2D eigenvalue weighted by molar-refractivity contribution is 6.01. The summed E-state index contributed by atoms with van der Waals surface area (Å²) in [5, 5.41) is 75.4. The number of aliphatic carboxylic acids is 2. The van der Waals surface area contributed by atoms with Crippen LogP contribution in [0.25, 0.3) is 0 Å². The Morgan fingerprint density at radius 1 is 0.364 bits per heavy atom. The molecule has 17 amide bonds. The van der Waals surface area contributed by atoms with Gasteiger partial charge < -0.3 is 146 Å². The summed E-state index contributed by atoms with van der Waals surface area (Å²) in [6, 6.07) is -15.9. The van der Waals surface area contributed by atoms with Crippen molar-refractivity contribution in [2.24, 2.45) is 80.3 Å². The summed E-state index contributed by atoms with van der Waals surface area (Å²) in [6.07, 6.45) is -4.97. The van der Waals surface area contributed by atoms with Crippen molar-refractivity contribution in [2.45, 2.75) is 300 Å². The van der Waals surface area contributed by atoms with E-state index in [1.165, 1.54) is 20.8 Å². The molecular weight excluding hydrogens is 1690 g/mol. The fraction of sp³-hybridized carbons (Fsp3) is 0.683. The number of benzene rings is 1. The number of aliphatic hydroxyl groups is 2. The number of carboxylic acid groups (broad SMARTS) is 2. The van der Waals surface area contributed by atoms with Gasteiger partial charge in [-0.25, -0.2) is 4.79 Å². The summed E-state index contributed by atoms with van der Waals surface area (Å²) < 4.78 is 0. The topological polar surface area (TPSA) is 820 Å². The Hall–Kier alpha value is -11.8. The molecule has 0 aliphatic carbocycles. The van der Waals surface area contributed by atoms with Crippen LogP contribution in [0.1, 0.15) is 203 Å². The summed E-state index contributed by atoms with van der Waals surface area (Å²) in [5.74, 6) is -22.8. The molecule has 0 saturated heterocycles. The lowest BCUT2D eigenvalue weighted by Gasteiger charge is -2.31. The minimum atomic E-state index is -1.85. The Labute approximate surface area is 750 Å². The number of unbranched alkanes of at least 4 members (excludes halogenated alkanes) is 3. The molecule has 36 N–H and O–H groups in total. The summed E-state index contributed by atoms with van der Waals surface area (Å²) in [5.41, 5.74) is 50.9. The molecule has 0 aliphatic rings. The molecule has 17 atom stereocenters. The largest absolute Gasteiger partial charge is 0.481 e. The maximum absolute atomic E-state index is 14.7. The minimum absolute atomic E-state index is 0.0283. The van der Waals surface area contributed by atoms with Gasteiger partial charge >= 0.3 is 11.9 Å². The lowest BCUT2D eigenvalue weighted by Crippen LogP contribution is -2.62. The van der Waals surface area contributed by atoms with Gasteiger partial charge in [-0.05, 0) is 159 Å². The van der Waals surface area contributed by atoms with Crippen LogP contribution in [0.3, 0.4) is 0 Å². The average molecular weight is 1830 g/mol. The normalized spacial score (nSPS) is 15.2. The van der Waals surface area contributed by atoms with Gasteiger partial charge in [0.25, 0.3) is 0 Å². The minimum Gasteiger partial charge on any atom is -0.481 e. The number of hydrogen-bond acceptors (Lipinski definition) is 26. The van der Waals surface area contributed by atoms with Crippen molar-refractivity contribution in [3.8, 4) is 0 Å².